The zero-order chi connectivity index (χ0) is 14.0. The molecule has 1 unspecified atom stereocenters. The number of hydrogen-bond donors (Lipinski definition) is 1. The van der Waals surface area contributed by atoms with Crippen LogP contribution in [0.3, 0.4) is 0 Å². The van der Waals surface area contributed by atoms with Crippen LogP contribution in [0.4, 0.5) is 0 Å². The molecule has 0 amide bonds. The molecule has 0 aliphatic rings. The van der Waals surface area contributed by atoms with Gasteiger partial charge >= 0.3 is 0 Å². The smallest absolute Gasteiger partial charge is 0.220 e. The number of hydrogen-bond acceptors (Lipinski definition) is 4. The van der Waals surface area contributed by atoms with Crippen LogP contribution in [0.5, 0.6) is 0 Å². The van der Waals surface area contributed by atoms with Crippen molar-refractivity contribution < 1.29 is 12.8 Å². The van der Waals surface area contributed by atoms with Crippen LogP contribution in [0, 0.1) is 6.92 Å². The van der Waals surface area contributed by atoms with Crippen LogP contribution < -0.4 is 4.72 Å². The van der Waals surface area contributed by atoms with Crippen molar-refractivity contribution in [2.75, 3.05) is 6.54 Å². The first-order valence-electron chi connectivity index (χ1n) is 6.02. The molecule has 1 N–H and O–H groups in total. The molecule has 18 heavy (non-hydrogen) atoms. The first-order valence-corrected chi connectivity index (χ1v) is 11.3. The van der Waals surface area contributed by atoms with Gasteiger partial charge in [-0.15, -0.1) is 0 Å². The number of aromatic nitrogens is 1. The van der Waals surface area contributed by atoms with Gasteiger partial charge in [-0.1, -0.05) is 19.6 Å². The number of oxazole rings is 1. The summed E-state index contributed by atoms with van der Waals surface area (Å²) in [5, 5.41) is -0.684. The van der Waals surface area contributed by atoms with Crippen LogP contribution in [0.2, 0.25) is 25.7 Å². The van der Waals surface area contributed by atoms with Crippen molar-refractivity contribution in [1.29, 1.82) is 0 Å². The predicted octanol–water partition coefficient (Wildman–Crippen LogP) is 2.30. The van der Waals surface area contributed by atoms with Gasteiger partial charge in [-0.25, -0.2) is 18.1 Å². The molecular weight excluding hydrogens is 268 g/mol. The summed E-state index contributed by atoms with van der Waals surface area (Å²) in [5.41, 5.74) is 0.452. The maximum Gasteiger partial charge on any atom is 0.220 e. The summed E-state index contributed by atoms with van der Waals surface area (Å²) < 4.78 is 31.8. The lowest BCUT2D eigenvalue weighted by Crippen LogP contribution is -2.33. The van der Waals surface area contributed by atoms with Gasteiger partial charge in [0.15, 0.2) is 5.89 Å². The molecular formula is C11H22N2O3SSi. The van der Waals surface area contributed by atoms with Gasteiger partial charge in [-0.05, 0) is 13.0 Å². The number of aryl methyl sites for hydroxylation is 1. The lowest BCUT2D eigenvalue weighted by Gasteiger charge is -2.17. The summed E-state index contributed by atoms with van der Waals surface area (Å²) in [4.78, 5) is 4.06. The van der Waals surface area contributed by atoms with Crippen LogP contribution in [0.15, 0.2) is 10.7 Å². The Morgan fingerprint density at radius 1 is 1.44 bits per heavy atom. The third-order valence-electron chi connectivity index (χ3n) is 2.70. The fraction of sp³-hybridized carbons (Fsp3) is 0.727. The van der Waals surface area contributed by atoms with Crippen LogP contribution in [-0.2, 0) is 10.0 Å². The zero-order valence-electron chi connectivity index (χ0n) is 11.6. The number of nitrogens with zero attached hydrogens (tertiary/aromatic N) is 1. The summed E-state index contributed by atoms with van der Waals surface area (Å²) in [5.74, 6) is 0.481. The molecule has 1 aromatic rings. The first kappa shape index (κ1) is 15.4. The van der Waals surface area contributed by atoms with Crippen molar-refractivity contribution in [3.8, 4) is 0 Å². The highest BCUT2D eigenvalue weighted by atomic mass is 32.2. The Kier molecular flexibility index (Phi) is 4.74. The molecule has 0 radical (unpaired) electrons. The summed E-state index contributed by atoms with van der Waals surface area (Å²) >= 11 is 0. The molecule has 0 aromatic carbocycles. The molecule has 0 bridgehead atoms. The maximum absolute atomic E-state index is 12.0. The van der Waals surface area contributed by atoms with Crippen LogP contribution in [0.25, 0.3) is 0 Å². The van der Waals surface area contributed by atoms with Crippen molar-refractivity contribution >= 4 is 18.1 Å². The molecule has 1 aromatic heterocycles. The minimum atomic E-state index is -3.37. The quantitative estimate of drug-likeness (QED) is 0.816. The molecule has 0 aliphatic heterocycles. The monoisotopic (exact) mass is 290 g/mol. The van der Waals surface area contributed by atoms with Gasteiger partial charge in [0, 0.05) is 21.5 Å². The third kappa shape index (κ3) is 4.54. The van der Waals surface area contributed by atoms with Crippen molar-refractivity contribution in [3.63, 3.8) is 0 Å². The molecule has 104 valence electrons. The Morgan fingerprint density at radius 3 is 2.50 bits per heavy atom. The van der Waals surface area contributed by atoms with Crippen LogP contribution in [-0.4, -0.2) is 28.0 Å². The van der Waals surface area contributed by atoms with Gasteiger partial charge in [-0.2, -0.15) is 0 Å². The van der Waals surface area contributed by atoms with E-state index in [4.69, 9.17) is 4.42 Å². The topological polar surface area (TPSA) is 72.2 Å². The van der Waals surface area contributed by atoms with Crippen molar-refractivity contribution in [2.24, 2.45) is 0 Å². The largest absolute Gasteiger partial charge is 0.449 e. The highest BCUT2D eigenvalue weighted by Crippen LogP contribution is 2.20. The molecule has 7 heteroatoms. The Labute approximate surface area is 110 Å². The second-order valence-electron chi connectivity index (χ2n) is 5.68. The van der Waals surface area contributed by atoms with E-state index in [-0.39, 0.29) is 0 Å². The highest BCUT2D eigenvalue weighted by Gasteiger charge is 2.25. The first-order chi connectivity index (χ1) is 8.12. The van der Waals surface area contributed by atoms with Crippen molar-refractivity contribution in [2.45, 2.75) is 44.8 Å². The molecule has 0 saturated carbocycles. The standard InChI is InChI=1S/C11H22N2O3SSi/c1-9(11-8-16-10(2)13-11)17(14,15)12-6-7-18(3,4)5/h8-9,12H,6-7H2,1-5H3. The Morgan fingerprint density at radius 2 is 2.06 bits per heavy atom. The van der Waals surface area contributed by atoms with Gasteiger partial charge in [0.2, 0.25) is 10.0 Å². The van der Waals surface area contributed by atoms with E-state index in [2.05, 4.69) is 29.3 Å². The van der Waals surface area contributed by atoms with E-state index in [1.807, 2.05) is 0 Å². The van der Waals surface area contributed by atoms with Crippen molar-refractivity contribution in [3.05, 3.63) is 17.8 Å². The number of rotatable bonds is 6. The fourth-order valence-electron chi connectivity index (χ4n) is 1.42. The Hall–Kier alpha value is -0.663. The molecule has 1 rings (SSSR count). The molecule has 0 aliphatic carbocycles. The second-order valence-corrected chi connectivity index (χ2v) is 13.4. The lowest BCUT2D eigenvalue weighted by atomic mass is 10.4. The summed E-state index contributed by atoms with van der Waals surface area (Å²) in [6, 6.07) is 0.927. The van der Waals surface area contributed by atoms with E-state index < -0.39 is 23.3 Å². The average molecular weight is 290 g/mol. The molecule has 0 saturated heterocycles. The fourth-order valence-corrected chi connectivity index (χ4v) is 3.54. The average Bonchev–Trinajstić information content (AvgIpc) is 2.61. The SMILES string of the molecule is Cc1nc(C(C)S(=O)(=O)NCC[Si](C)(C)C)co1. The predicted molar refractivity (Wildman–Crippen MR) is 74.7 cm³/mol. The molecule has 5 nitrogen and oxygen atoms in total. The third-order valence-corrected chi connectivity index (χ3v) is 6.23. The van der Waals surface area contributed by atoms with Gasteiger partial charge in [0.25, 0.3) is 0 Å². The summed E-state index contributed by atoms with van der Waals surface area (Å²) in [6.45, 7) is 10.5. The number of sulfonamides is 1. The normalized spacial score (nSPS) is 14.7. The van der Waals surface area contributed by atoms with Crippen molar-refractivity contribution in [1.82, 2.24) is 9.71 Å². The van der Waals surface area contributed by atoms with E-state index in [9.17, 15) is 8.42 Å². The van der Waals surface area contributed by atoms with Crippen LogP contribution in [0.1, 0.15) is 23.8 Å². The van der Waals surface area contributed by atoms with E-state index >= 15 is 0 Å². The minimum absolute atomic E-state index is 0.452. The number of nitrogens with one attached hydrogen (secondary N) is 1. The van der Waals surface area contributed by atoms with E-state index in [1.54, 1.807) is 13.8 Å². The summed E-state index contributed by atoms with van der Waals surface area (Å²) in [6.07, 6.45) is 1.40. The zero-order valence-corrected chi connectivity index (χ0v) is 13.5. The Bertz CT molecular complexity index is 491. The molecule has 0 spiro atoms. The van der Waals surface area contributed by atoms with Gasteiger partial charge < -0.3 is 4.42 Å². The highest BCUT2D eigenvalue weighted by molar-refractivity contribution is 7.89. The summed E-state index contributed by atoms with van der Waals surface area (Å²) in [7, 11) is -4.60. The van der Waals surface area contributed by atoms with Crippen LogP contribution >= 0.6 is 0 Å². The lowest BCUT2D eigenvalue weighted by molar-refractivity contribution is 0.520. The molecule has 1 heterocycles. The molecule has 0 fully saturated rings. The van der Waals surface area contributed by atoms with E-state index in [1.165, 1.54) is 6.26 Å². The van der Waals surface area contributed by atoms with Gasteiger partial charge in [0.1, 0.15) is 11.5 Å². The maximum atomic E-state index is 12.0. The van der Waals surface area contributed by atoms with Gasteiger partial charge in [-0.3, -0.25) is 0 Å². The van der Waals surface area contributed by atoms with Gasteiger partial charge in [0.05, 0.1) is 5.69 Å². The van der Waals surface area contributed by atoms with E-state index in [0.717, 1.165) is 6.04 Å². The minimum Gasteiger partial charge on any atom is -0.449 e. The molecule has 1 atom stereocenters. The second kappa shape index (κ2) is 5.54. The van der Waals surface area contributed by atoms with E-state index in [0.29, 0.717) is 18.1 Å². The Balaban J connectivity index is 2.64.